The van der Waals surface area contributed by atoms with Gasteiger partial charge in [-0.25, -0.2) is 0 Å². The lowest BCUT2D eigenvalue weighted by Crippen LogP contribution is -2.33. The van der Waals surface area contributed by atoms with E-state index in [-0.39, 0.29) is 0 Å². The van der Waals surface area contributed by atoms with Gasteiger partial charge in [0.1, 0.15) is 0 Å². The molecule has 2 aliphatic rings. The van der Waals surface area contributed by atoms with Crippen molar-refractivity contribution in [1.82, 2.24) is 51.2 Å². The molecular formula is C40H24BBrN10O2S2. The van der Waals surface area contributed by atoms with E-state index < -0.39 is 7.12 Å². The van der Waals surface area contributed by atoms with Crippen molar-refractivity contribution >= 4 is 71.4 Å². The van der Waals surface area contributed by atoms with Crippen molar-refractivity contribution in [1.29, 1.82) is 0 Å². The van der Waals surface area contributed by atoms with Gasteiger partial charge in [-0.15, -0.1) is 43.1 Å². The molecule has 12 rings (SSSR count). The average Bonchev–Trinajstić information content (AvgIpc) is 4.06. The van der Waals surface area contributed by atoms with E-state index in [2.05, 4.69) is 116 Å². The summed E-state index contributed by atoms with van der Waals surface area (Å²) in [4.78, 5) is 10.6. The van der Waals surface area contributed by atoms with Gasteiger partial charge < -0.3 is 10.0 Å². The molecule has 0 atom stereocenters. The molecule has 2 aliphatic carbocycles. The van der Waals surface area contributed by atoms with Crippen molar-refractivity contribution in [3.05, 3.63) is 126 Å². The third kappa shape index (κ3) is 5.82. The van der Waals surface area contributed by atoms with E-state index in [0.717, 1.165) is 51.3 Å². The van der Waals surface area contributed by atoms with Gasteiger partial charge in [0.25, 0.3) is 0 Å². The number of hydrogen-bond donors (Lipinski definition) is 4. The predicted octanol–water partition coefficient (Wildman–Crippen LogP) is 8.04. The molecule has 6 aromatic heterocycles. The predicted molar refractivity (Wildman–Crippen MR) is 224 cm³/mol. The first kappa shape index (κ1) is 34.2. The van der Waals surface area contributed by atoms with Gasteiger partial charge in [0.15, 0.2) is 0 Å². The lowest BCUT2D eigenvalue weighted by atomic mass is 9.68. The summed E-state index contributed by atoms with van der Waals surface area (Å²) in [5, 5.41) is 49.0. The highest BCUT2D eigenvalue weighted by Crippen LogP contribution is 2.52. The van der Waals surface area contributed by atoms with Crippen LogP contribution in [0.1, 0.15) is 0 Å². The highest BCUT2D eigenvalue weighted by Gasteiger charge is 2.29. The van der Waals surface area contributed by atoms with E-state index in [1.54, 1.807) is 34.9 Å². The molecule has 4 N–H and O–H groups in total. The number of nitrogens with zero attached hydrogens (tertiary/aromatic N) is 8. The van der Waals surface area contributed by atoms with E-state index >= 15 is 0 Å². The zero-order chi connectivity index (χ0) is 37.8. The number of nitrogens with one attached hydrogen (secondary N) is 2. The second kappa shape index (κ2) is 14.1. The van der Waals surface area contributed by atoms with Crippen LogP contribution in [-0.4, -0.2) is 68.4 Å². The maximum atomic E-state index is 9.24. The topological polar surface area (TPSA) is 175 Å². The number of halogens is 1. The first-order valence-corrected chi connectivity index (χ1v) is 19.7. The van der Waals surface area contributed by atoms with E-state index in [4.69, 9.17) is 0 Å². The van der Waals surface area contributed by atoms with Crippen LogP contribution in [0.3, 0.4) is 0 Å². The molecule has 0 saturated heterocycles. The van der Waals surface area contributed by atoms with Crippen molar-refractivity contribution in [3.63, 3.8) is 0 Å². The Hall–Kier alpha value is -6.30. The summed E-state index contributed by atoms with van der Waals surface area (Å²) in [6.45, 7) is 0. The van der Waals surface area contributed by atoms with Crippen molar-refractivity contribution in [3.8, 4) is 77.0 Å². The standard InChI is InChI=1S/C20H11N5S.C12H9BO2.C8H4BrN5S/c1-2-5-12-11(4-1)13-6-3-7-14(19(12)13)16-9-21-10-18-15(16)8-17(26-18)20-22-24-25-23-20;14-13(15)11-7-3-6-10-8-4-1-2-5-9(8)12(10)11;9-5-2-10-3-7-4(5)1-6(15-7)8-11-13-14-12-8/h1-10H,(H,22,23,24,25);1-7,14-15H;1-3H,(H,11,12,13,14). The quantitative estimate of drug-likeness (QED) is 0.127. The first-order chi connectivity index (χ1) is 27.5. The van der Waals surface area contributed by atoms with Gasteiger partial charge >= 0.3 is 7.12 Å². The molecule has 4 aromatic carbocycles. The minimum absolute atomic E-state index is 0.589. The Kier molecular flexibility index (Phi) is 8.61. The fraction of sp³-hybridized carbons (Fsp3) is 0. The van der Waals surface area contributed by atoms with Crippen LogP contribution in [0, 0.1) is 0 Å². The van der Waals surface area contributed by atoms with Gasteiger partial charge in [-0.3, -0.25) is 9.97 Å². The Morgan fingerprint density at radius 3 is 1.61 bits per heavy atom. The third-order valence-electron chi connectivity index (χ3n) is 9.68. The summed E-state index contributed by atoms with van der Waals surface area (Å²) < 4.78 is 3.20. The number of tetrazole rings is 2. The summed E-state index contributed by atoms with van der Waals surface area (Å²) in [5.74, 6) is 1.23. The molecule has 268 valence electrons. The van der Waals surface area contributed by atoms with Gasteiger partial charge in [-0.05, 0) is 94.0 Å². The maximum absolute atomic E-state index is 9.24. The Bertz CT molecular complexity index is 3060. The molecule has 6 heterocycles. The van der Waals surface area contributed by atoms with Crippen molar-refractivity contribution in [2.24, 2.45) is 0 Å². The lowest BCUT2D eigenvalue weighted by molar-refractivity contribution is 0.426. The van der Waals surface area contributed by atoms with Crippen LogP contribution in [0.25, 0.3) is 97.2 Å². The summed E-state index contributed by atoms with van der Waals surface area (Å²) in [5.41, 5.74) is 12.6. The SMILES string of the molecule is Brc1cncc2sc(-c3nn[nH]n3)cc12.OB(O)c1cccc2c1-c1ccccc1-2.c1ccc2c(c1)-c1cccc(-c3cncc4sc(-c5nn[nH]n5)cc34)c1-2. The van der Waals surface area contributed by atoms with Crippen LogP contribution in [0.4, 0.5) is 0 Å². The van der Waals surface area contributed by atoms with E-state index in [9.17, 15) is 10.0 Å². The fourth-order valence-corrected chi connectivity index (χ4v) is 9.75. The molecule has 0 bridgehead atoms. The Labute approximate surface area is 334 Å². The summed E-state index contributed by atoms with van der Waals surface area (Å²) in [7, 11) is -1.40. The van der Waals surface area contributed by atoms with Crippen molar-refractivity contribution in [2.45, 2.75) is 0 Å². The van der Waals surface area contributed by atoms with Crippen LogP contribution in [0.2, 0.25) is 0 Å². The van der Waals surface area contributed by atoms with Gasteiger partial charge in [-0.2, -0.15) is 10.4 Å². The summed E-state index contributed by atoms with van der Waals surface area (Å²) >= 11 is 6.68. The number of aromatic nitrogens is 10. The number of fused-ring (bicyclic) bond motifs is 10. The minimum atomic E-state index is -1.40. The number of hydrogen-bond acceptors (Lipinski definition) is 12. The number of thiophene rings is 2. The first-order valence-electron chi connectivity index (χ1n) is 17.2. The number of pyridine rings is 2. The van der Waals surface area contributed by atoms with Gasteiger partial charge in [0.05, 0.1) is 19.2 Å². The smallest absolute Gasteiger partial charge is 0.423 e. The molecular weight excluding hydrogens is 807 g/mol. The molecule has 0 saturated carbocycles. The zero-order valence-electron chi connectivity index (χ0n) is 28.8. The van der Waals surface area contributed by atoms with Crippen LogP contribution >= 0.6 is 38.6 Å². The molecule has 0 unspecified atom stereocenters. The molecule has 0 amide bonds. The maximum Gasteiger partial charge on any atom is 0.489 e. The van der Waals surface area contributed by atoms with E-state index in [1.165, 1.54) is 38.8 Å². The van der Waals surface area contributed by atoms with Gasteiger partial charge in [0, 0.05) is 45.6 Å². The van der Waals surface area contributed by atoms with Crippen LogP contribution < -0.4 is 5.46 Å². The number of aromatic amines is 2. The monoisotopic (exact) mass is 830 g/mol. The number of H-pyrrole nitrogens is 2. The molecule has 0 aliphatic heterocycles. The molecule has 56 heavy (non-hydrogen) atoms. The second-order valence-electron chi connectivity index (χ2n) is 12.8. The van der Waals surface area contributed by atoms with Crippen LogP contribution in [-0.2, 0) is 0 Å². The van der Waals surface area contributed by atoms with E-state index in [1.807, 2.05) is 61.1 Å². The molecule has 10 aromatic rings. The Balaban J connectivity index is 0.000000110. The Morgan fingerprint density at radius 2 is 1.02 bits per heavy atom. The van der Waals surface area contributed by atoms with Crippen LogP contribution in [0.15, 0.2) is 126 Å². The van der Waals surface area contributed by atoms with Crippen molar-refractivity contribution < 1.29 is 10.0 Å². The normalized spacial score (nSPS) is 11.5. The molecule has 16 heteroatoms. The highest BCUT2D eigenvalue weighted by molar-refractivity contribution is 9.10. The fourth-order valence-electron chi connectivity index (χ4n) is 7.20. The number of rotatable bonds is 4. The van der Waals surface area contributed by atoms with Gasteiger partial charge in [0.2, 0.25) is 11.6 Å². The zero-order valence-corrected chi connectivity index (χ0v) is 32.0. The lowest BCUT2D eigenvalue weighted by Gasteiger charge is -2.26. The summed E-state index contributed by atoms with van der Waals surface area (Å²) in [6.07, 6.45) is 7.45. The molecule has 0 fully saturated rings. The number of benzene rings is 4. The highest BCUT2D eigenvalue weighted by atomic mass is 79.9. The molecule has 12 nitrogen and oxygen atoms in total. The van der Waals surface area contributed by atoms with E-state index in [0.29, 0.717) is 17.1 Å². The third-order valence-corrected chi connectivity index (χ3v) is 12.4. The minimum Gasteiger partial charge on any atom is -0.423 e. The average molecular weight is 832 g/mol. The second-order valence-corrected chi connectivity index (χ2v) is 15.8. The largest absolute Gasteiger partial charge is 0.489 e. The van der Waals surface area contributed by atoms with Crippen molar-refractivity contribution in [2.75, 3.05) is 0 Å². The Morgan fingerprint density at radius 1 is 0.518 bits per heavy atom. The van der Waals surface area contributed by atoms with Gasteiger partial charge in [-0.1, -0.05) is 84.9 Å². The van der Waals surface area contributed by atoms with Crippen LogP contribution in [0.5, 0.6) is 0 Å². The molecule has 0 radical (unpaired) electrons. The summed E-state index contributed by atoms with van der Waals surface area (Å²) in [6, 6.07) is 32.8. The molecule has 0 spiro atoms.